The van der Waals surface area contributed by atoms with Crippen LogP contribution in [0.15, 0.2) is 43.0 Å². The van der Waals surface area contributed by atoms with Crippen molar-refractivity contribution >= 4 is 23.5 Å². The van der Waals surface area contributed by atoms with Crippen LogP contribution in [0, 0.1) is 0 Å². The molecule has 0 saturated heterocycles. The van der Waals surface area contributed by atoms with Gasteiger partial charge in [0.25, 0.3) is 0 Å². The van der Waals surface area contributed by atoms with Gasteiger partial charge in [-0.05, 0) is 18.2 Å². The Morgan fingerprint density at radius 2 is 2.07 bits per heavy atom. The van der Waals surface area contributed by atoms with E-state index >= 15 is 0 Å². The van der Waals surface area contributed by atoms with Gasteiger partial charge in [0.2, 0.25) is 0 Å². The lowest BCUT2D eigenvalue weighted by molar-refractivity contribution is 0.975. The first-order valence-electron chi connectivity index (χ1n) is 4.65. The van der Waals surface area contributed by atoms with Crippen molar-refractivity contribution in [2.45, 2.75) is 11.7 Å². The summed E-state index contributed by atoms with van der Waals surface area (Å²) in [5.74, 6) is 0. The molecule has 0 aromatic heterocycles. The second kappa shape index (κ2) is 7.02. The second-order valence-electron chi connectivity index (χ2n) is 3.00. The third-order valence-electron chi connectivity index (χ3n) is 1.94. The molecule has 14 heavy (non-hydrogen) atoms. The van der Waals surface area contributed by atoms with Crippen LogP contribution in [-0.2, 0) is 0 Å². The van der Waals surface area contributed by atoms with Crippen molar-refractivity contribution in [3.8, 4) is 0 Å². The maximum Gasteiger partial charge on any atom is 0.0395 e. The molecule has 0 nitrogen and oxygen atoms in total. The largest absolute Gasteiger partial charge is 0.154 e. The fourth-order valence-corrected chi connectivity index (χ4v) is 3.09. The Balaban J connectivity index is 2.62. The van der Waals surface area contributed by atoms with Crippen LogP contribution in [0.25, 0.3) is 0 Å². The van der Waals surface area contributed by atoms with Crippen LogP contribution in [0.1, 0.15) is 17.2 Å². The van der Waals surface area contributed by atoms with Gasteiger partial charge in [0.15, 0.2) is 0 Å². The summed E-state index contributed by atoms with van der Waals surface area (Å²) in [6.45, 7) is 3.81. The van der Waals surface area contributed by atoms with Gasteiger partial charge in [-0.25, -0.2) is 0 Å². The van der Waals surface area contributed by atoms with Gasteiger partial charge in [0.1, 0.15) is 0 Å². The first-order valence-corrected chi connectivity index (χ1v) is 7.09. The Morgan fingerprint density at radius 1 is 1.36 bits per heavy atom. The number of hydrogen-bond donors (Lipinski definition) is 0. The molecule has 1 rings (SSSR count). The van der Waals surface area contributed by atoms with Crippen molar-refractivity contribution < 1.29 is 0 Å². The SMILES string of the molecule is C=CCC(SCSC)c1ccccc1. The van der Waals surface area contributed by atoms with Gasteiger partial charge in [0.05, 0.1) is 0 Å². The van der Waals surface area contributed by atoms with E-state index in [1.54, 1.807) is 0 Å². The zero-order chi connectivity index (χ0) is 10.2. The zero-order valence-corrected chi connectivity index (χ0v) is 10.1. The van der Waals surface area contributed by atoms with Gasteiger partial charge in [0, 0.05) is 10.3 Å². The smallest absolute Gasteiger partial charge is 0.0395 e. The summed E-state index contributed by atoms with van der Waals surface area (Å²) in [6, 6.07) is 10.7. The molecule has 0 spiro atoms. The summed E-state index contributed by atoms with van der Waals surface area (Å²) in [6.07, 6.45) is 5.20. The zero-order valence-electron chi connectivity index (χ0n) is 8.48. The standard InChI is InChI=1S/C12H16S2/c1-3-7-12(14-10-13-2)11-8-5-4-6-9-11/h3-6,8-9,12H,1,7,10H2,2H3. The van der Waals surface area contributed by atoms with E-state index in [0.717, 1.165) is 11.5 Å². The predicted molar refractivity (Wildman–Crippen MR) is 70.0 cm³/mol. The van der Waals surface area contributed by atoms with Gasteiger partial charge in [-0.1, -0.05) is 36.4 Å². The third-order valence-corrected chi connectivity index (χ3v) is 4.29. The molecule has 0 saturated carbocycles. The van der Waals surface area contributed by atoms with E-state index in [4.69, 9.17) is 0 Å². The summed E-state index contributed by atoms with van der Waals surface area (Å²) in [5, 5.41) is 1.72. The molecule has 0 N–H and O–H groups in total. The number of thioether (sulfide) groups is 2. The Bertz CT molecular complexity index is 256. The lowest BCUT2D eigenvalue weighted by Gasteiger charge is -2.14. The molecule has 1 atom stereocenters. The minimum Gasteiger partial charge on any atom is -0.154 e. The highest BCUT2D eigenvalue weighted by atomic mass is 32.2. The molecule has 1 unspecified atom stereocenters. The van der Waals surface area contributed by atoms with Gasteiger partial charge in [-0.3, -0.25) is 0 Å². The van der Waals surface area contributed by atoms with E-state index < -0.39 is 0 Å². The summed E-state index contributed by atoms with van der Waals surface area (Å²) in [4.78, 5) is 0. The lowest BCUT2D eigenvalue weighted by atomic mass is 10.1. The van der Waals surface area contributed by atoms with Gasteiger partial charge < -0.3 is 0 Å². The fraction of sp³-hybridized carbons (Fsp3) is 0.333. The van der Waals surface area contributed by atoms with Crippen molar-refractivity contribution in [1.29, 1.82) is 0 Å². The average Bonchev–Trinajstić information content (AvgIpc) is 2.25. The minimum absolute atomic E-state index is 0.571. The molecule has 0 amide bonds. The van der Waals surface area contributed by atoms with Crippen LogP contribution in [0.5, 0.6) is 0 Å². The number of rotatable bonds is 6. The Morgan fingerprint density at radius 3 is 2.64 bits per heavy atom. The van der Waals surface area contributed by atoms with Crippen LogP contribution in [-0.4, -0.2) is 11.3 Å². The molecule has 0 bridgehead atoms. The highest BCUT2D eigenvalue weighted by molar-refractivity contribution is 8.15. The minimum atomic E-state index is 0.571. The average molecular weight is 224 g/mol. The summed E-state index contributed by atoms with van der Waals surface area (Å²) < 4.78 is 0. The molecule has 76 valence electrons. The molecule has 0 aliphatic rings. The highest BCUT2D eigenvalue weighted by Gasteiger charge is 2.08. The highest BCUT2D eigenvalue weighted by Crippen LogP contribution is 2.33. The lowest BCUT2D eigenvalue weighted by Crippen LogP contribution is -1.92. The first kappa shape index (κ1) is 11.7. The molecule has 0 heterocycles. The van der Waals surface area contributed by atoms with E-state index in [1.165, 1.54) is 5.56 Å². The molecule has 1 aromatic rings. The summed E-state index contributed by atoms with van der Waals surface area (Å²) in [7, 11) is 0. The Labute approximate surface area is 95.2 Å². The summed E-state index contributed by atoms with van der Waals surface area (Å²) >= 11 is 3.87. The molecule has 0 radical (unpaired) electrons. The van der Waals surface area contributed by atoms with Gasteiger partial charge >= 0.3 is 0 Å². The van der Waals surface area contributed by atoms with Gasteiger partial charge in [-0.2, -0.15) is 11.8 Å². The first-order chi connectivity index (χ1) is 6.88. The van der Waals surface area contributed by atoms with Crippen LogP contribution in [0.2, 0.25) is 0 Å². The molecule has 0 aliphatic carbocycles. The quantitative estimate of drug-likeness (QED) is 0.520. The number of benzene rings is 1. The maximum atomic E-state index is 3.81. The normalized spacial score (nSPS) is 12.4. The molecule has 0 fully saturated rings. The van der Waals surface area contributed by atoms with E-state index in [2.05, 4.69) is 43.2 Å². The third kappa shape index (κ3) is 3.81. The Hall–Kier alpha value is -0.340. The topological polar surface area (TPSA) is 0 Å². The Kier molecular flexibility index (Phi) is 5.88. The molecular weight excluding hydrogens is 208 g/mol. The van der Waals surface area contributed by atoms with Crippen molar-refractivity contribution in [2.24, 2.45) is 0 Å². The monoisotopic (exact) mass is 224 g/mol. The maximum absolute atomic E-state index is 3.81. The van der Waals surface area contributed by atoms with Crippen LogP contribution in [0.3, 0.4) is 0 Å². The van der Waals surface area contributed by atoms with E-state index in [1.807, 2.05) is 29.6 Å². The molecule has 2 heteroatoms. The molecule has 0 aliphatic heterocycles. The summed E-state index contributed by atoms with van der Waals surface area (Å²) in [5.41, 5.74) is 1.41. The fourth-order valence-electron chi connectivity index (χ4n) is 1.27. The van der Waals surface area contributed by atoms with Crippen molar-refractivity contribution in [3.63, 3.8) is 0 Å². The van der Waals surface area contributed by atoms with Crippen molar-refractivity contribution in [3.05, 3.63) is 48.6 Å². The number of hydrogen-bond acceptors (Lipinski definition) is 2. The van der Waals surface area contributed by atoms with Crippen molar-refractivity contribution in [2.75, 3.05) is 11.3 Å². The second-order valence-corrected chi connectivity index (χ2v) is 5.42. The van der Waals surface area contributed by atoms with E-state index in [9.17, 15) is 0 Å². The van der Waals surface area contributed by atoms with Crippen LogP contribution in [0.4, 0.5) is 0 Å². The van der Waals surface area contributed by atoms with Crippen LogP contribution < -0.4 is 0 Å². The van der Waals surface area contributed by atoms with Gasteiger partial charge in [-0.15, -0.1) is 18.3 Å². The van der Waals surface area contributed by atoms with Crippen LogP contribution >= 0.6 is 23.5 Å². The van der Waals surface area contributed by atoms with E-state index in [-0.39, 0.29) is 0 Å². The number of allylic oxidation sites excluding steroid dienone is 1. The molecular formula is C12H16S2. The molecule has 1 aromatic carbocycles. The van der Waals surface area contributed by atoms with E-state index in [0.29, 0.717) is 5.25 Å². The predicted octanol–water partition coefficient (Wildman–Crippen LogP) is 4.36. The van der Waals surface area contributed by atoms with Crippen molar-refractivity contribution in [1.82, 2.24) is 0 Å².